The summed E-state index contributed by atoms with van der Waals surface area (Å²) in [5.41, 5.74) is 3.36. The van der Waals surface area contributed by atoms with Crippen LogP contribution in [0, 0.1) is 0 Å². The van der Waals surface area contributed by atoms with Crippen molar-refractivity contribution in [3.8, 4) is 11.5 Å². The Labute approximate surface area is 172 Å². The molecule has 0 aliphatic rings. The van der Waals surface area contributed by atoms with Crippen LogP contribution in [0.25, 0.3) is 0 Å². The molecule has 0 radical (unpaired) electrons. The second kappa shape index (κ2) is 10.9. The Hall–Kier alpha value is -3.27. The molecule has 150 valence electrons. The first-order chi connectivity index (χ1) is 14.2. The highest BCUT2D eigenvalue weighted by Crippen LogP contribution is 2.26. The van der Waals surface area contributed by atoms with Crippen LogP contribution < -0.4 is 9.47 Å². The van der Waals surface area contributed by atoms with Gasteiger partial charge in [0.15, 0.2) is 6.61 Å². The first kappa shape index (κ1) is 20.5. The van der Waals surface area contributed by atoms with E-state index in [9.17, 15) is 4.79 Å². The van der Waals surface area contributed by atoms with Crippen LogP contribution in [-0.2, 0) is 29.0 Å². The van der Waals surface area contributed by atoms with Gasteiger partial charge in [-0.25, -0.2) is 4.79 Å². The Bertz CT molecular complexity index is 891. The summed E-state index contributed by atoms with van der Waals surface area (Å²) < 4.78 is 16.6. The van der Waals surface area contributed by atoms with Crippen LogP contribution in [0.2, 0.25) is 0 Å². The predicted molar refractivity (Wildman–Crippen MR) is 113 cm³/mol. The summed E-state index contributed by atoms with van der Waals surface area (Å²) in [4.78, 5) is 11.7. The van der Waals surface area contributed by atoms with Crippen LogP contribution >= 0.6 is 0 Å². The highest BCUT2D eigenvalue weighted by Gasteiger charge is 2.10. The normalized spacial score (nSPS) is 10.4. The lowest BCUT2D eigenvalue weighted by Gasteiger charge is -2.14. The van der Waals surface area contributed by atoms with E-state index >= 15 is 0 Å². The van der Waals surface area contributed by atoms with E-state index in [0.29, 0.717) is 19.0 Å². The maximum absolute atomic E-state index is 11.7. The molecule has 0 aliphatic heterocycles. The van der Waals surface area contributed by atoms with Crippen LogP contribution in [0.15, 0.2) is 78.9 Å². The number of hydrogen-bond acceptors (Lipinski definition) is 4. The molecule has 3 aromatic rings. The third-order valence-corrected chi connectivity index (χ3v) is 4.46. The zero-order valence-electron chi connectivity index (χ0n) is 16.7. The number of rotatable bonds is 10. The van der Waals surface area contributed by atoms with Gasteiger partial charge in [0.2, 0.25) is 0 Å². The van der Waals surface area contributed by atoms with Gasteiger partial charge in [-0.05, 0) is 54.7 Å². The molecule has 0 saturated heterocycles. The van der Waals surface area contributed by atoms with Crippen LogP contribution in [0.3, 0.4) is 0 Å². The molecule has 0 heterocycles. The Morgan fingerprint density at radius 3 is 2.17 bits per heavy atom. The van der Waals surface area contributed by atoms with Gasteiger partial charge in [0.05, 0.1) is 6.61 Å². The monoisotopic (exact) mass is 390 g/mol. The number of hydrogen-bond donors (Lipinski definition) is 0. The van der Waals surface area contributed by atoms with Crippen molar-refractivity contribution in [2.24, 2.45) is 0 Å². The second-order valence-corrected chi connectivity index (χ2v) is 6.62. The highest BCUT2D eigenvalue weighted by atomic mass is 16.6. The van der Waals surface area contributed by atoms with E-state index < -0.39 is 0 Å². The molecule has 4 nitrogen and oxygen atoms in total. The number of esters is 1. The molecule has 0 amide bonds. The molecule has 0 atom stereocenters. The van der Waals surface area contributed by atoms with Crippen molar-refractivity contribution in [1.29, 1.82) is 0 Å². The highest BCUT2D eigenvalue weighted by molar-refractivity contribution is 5.71. The van der Waals surface area contributed by atoms with Gasteiger partial charge in [0.1, 0.15) is 18.1 Å². The zero-order valence-corrected chi connectivity index (χ0v) is 16.7. The molecule has 0 saturated carbocycles. The van der Waals surface area contributed by atoms with Crippen LogP contribution in [-0.4, -0.2) is 19.2 Å². The number of benzene rings is 3. The van der Waals surface area contributed by atoms with Crippen molar-refractivity contribution >= 4 is 5.97 Å². The fraction of sp³-hybridized carbons (Fsp3) is 0.240. The smallest absolute Gasteiger partial charge is 0.344 e. The van der Waals surface area contributed by atoms with E-state index in [2.05, 4.69) is 12.1 Å². The van der Waals surface area contributed by atoms with E-state index in [4.69, 9.17) is 14.2 Å². The second-order valence-electron chi connectivity index (χ2n) is 6.62. The number of carbonyl (C=O) groups excluding carboxylic acids is 1. The molecule has 29 heavy (non-hydrogen) atoms. The summed E-state index contributed by atoms with van der Waals surface area (Å²) in [6.45, 7) is 2.52. The van der Waals surface area contributed by atoms with Gasteiger partial charge in [-0.15, -0.1) is 0 Å². The predicted octanol–water partition coefficient (Wildman–Crippen LogP) is 4.99. The fourth-order valence-electron chi connectivity index (χ4n) is 2.99. The van der Waals surface area contributed by atoms with E-state index in [1.54, 1.807) is 6.92 Å². The molecule has 3 rings (SSSR count). The lowest BCUT2D eigenvalue weighted by Crippen LogP contribution is -2.15. The van der Waals surface area contributed by atoms with Crippen molar-refractivity contribution in [2.45, 2.75) is 26.4 Å². The summed E-state index contributed by atoms with van der Waals surface area (Å²) in [6, 6.07) is 26.1. The molecule has 0 aliphatic carbocycles. The maximum Gasteiger partial charge on any atom is 0.344 e. The van der Waals surface area contributed by atoms with Crippen molar-refractivity contribution in [3.05, 3.63) is 95.6 Å². The summed E-state index contributed by atoms with van der Waals surface area (Å²) in [5, 5.41) is 0. The lowest BCUT2D eigenvalue weighted by atomic mass is 10.0. The summed E-state index contributed by atoms with van der Waals surface area (Å²) >= 11 is 0. The van der Waals surface area contributed by atoms with E-state index in [0.717, 1.165) is 29.7 Å². The Kier molecular flexibility index (Phi) is 7.70. The van der Waals surface area contributed by atoms with Crippen LogP contribution in [0.5, 0.6) is 11.5 Å². The third kappa shape index (κ3) is 6.68. The van der Waals surface area contributed by atoms with Crippen molar-refractivity contribution in [1.82, 2.24) is 0 Å². The topological polar surface area (TPSA) is 44.8 Å². The Morgan fingerprint density at radius 1 is 0.793 bits per heavy atom. The quantitative estimate of drug-likeness (QED) is 0.457. The van der Waals surface area contributed by atoms with Gasteiger partial charge in [-0.1, -0.05) is 60.7 Å². The summed E-state index contributed by atoms with van der Waals surface area (Å²) in [5.74, 6) is 1.09. The van der Waals surface area contributed by atoms with Crippen molar-refractivity contribution < 1.29 is 19.0 Å². The molecule has 3 aromatic carbocycles. The van der Waals surface area contributed by atoms with Gasteiger partial charge in [-0.2, -0.15) is 0 Å². The maximum atomic E-state index is 11.7. The Morgan fingerprint density at radius 2 is 1.48 bits per heavy atom. The number of aryl methyl sites for hydroxylation is 2. The van der Waals surface area contributed by atoms with Gasteiger partial charge >= 0.3 is 5.97 Å². The molecule has 0 fully saturated rings. The van der Waals surface area contributed by atoms with Gasteiger partial charge in [-0.3, -0.25) is 0 Å². The van der Waals surface area contributed by atoms with Gasteiger partial charge < -0.3 is 14.2 Å². The van der Waals surface area contributed by atoms with E-state index in [1.807, 2.05) is 66.7 Å². The molecular formula is C25H26O4. The standard InChI is InChI=1S/C25H26O4/c1-2-27-25(26)19-29-24-16-15-23(28-18-21-11-7-4-8-12-21)17-22(24)14-13-20-9-5-3-6-10-20/h3-12,15-17H,2,13-14,18-19H2,1H3. The first-order valence-corrected chi connectivity index (χ1v) is 9.86. The van der Waals surface area contributed by atoms with Crippen molar-refractivity contribution in [3.63, 3.8) is 0 Å². The fourth-order valence-corrected chi connectivity index (χ4v) is 2.99. The first-order valence-electron chi connectivity index (χ1n) is 9.86. The minimum atomic E-state index is -0.370. The lowest BCUT2D eigenvalue weighted by molar-refractivity contribution is -0.145. The summed E-state index contributed by atoms with van der Waals surface area (Å²) in [6.07, 6.45) is 1.66. The molecule has 0 N–H and O–H groups in total. The van der Waals surface area contributed by atoms with Crippen molar-refractivity contribution in [2.75, 3.05) is 13.2 Å². The number of carbonyl (C=O) groups is 1. The molecular weight excluding hydrogens is 364 g/mol. The minimum absolute atomic E-state index is 0.101. The zero-order chi connectivity index (χ0) is 20.3. The van der Waals surface area contributed by atoms with Crippen LogP contribution in [0.4, 0.5) is 0 Å². The molecule has 0 bridgehead atoms. The third-order valence-electron chi connectivity index (χ3n) is 4.46. The van der Waals surface area contributed by atoms with Gasteiger partial charge in [0.25, 0.3) is 0 Å². The van der Waals surface area contributed by atoms with E-state index in [-0.39, 0.29) is 12.6 Å². The average Bonchev–Trinajstić information content (AvgIpc) is 2.77. The van der Waals surface area contributed by atoms with E-state index in [1.165, 1.54) is 5.56 Å². The minimum Gasteiger partial charge on any atom is -0.489 e. The SMILES string of the molecule is CCOC(=O)COc1ccc(OCc2ccccc2)cc1CCc1ccccc1. The van der Waals surface area contributed by atoms with Gasteiger partial charge in [0, 0.05) is 0 Å². The van der Waals surface area contributed by atoms with Crippen LogP contribution in [0.1, 0.15) is 23.6 Å². The molecule has 0 unspecified atom stereocenters. The molecule has 4 heteroatoms. The average molecular weight is 390 g/mol. The Balaban J connectivity index is 1.70. The molecule has 0 aromatic heterocycles. The number of ether oxygens (including phenoxy) is 3. The molecule has 0 spiro atoms. The summed E-state index contributed by atoms with van der Waals surface area (Å²) in [7, 11) is 0. The largest absolute Gasteiger partial charge is 0.489 e.